The quantitative estimate of drug-likeness (QED) is 0.838. The van der Waals surface area contributed by atoms with Crippen LogP contribution in [-0.2, 0) is 10.0 Å². The summed E-state index contributed by atoms with van der Waals surface area (Å²) < 4.78 is 53.6. The molecule has 20 heavy (non-hydrogen) atoms. The predicted molar refractivity (Wildman–Crippen MR) is 70.6 cm³/mol. The number of halogens is 2. The second kappa shape index (κ2) is 4.77. The summed E-state index contributed by atoms with van der Waals surface area (Å²) in [5, 5.41) is 0. The van der Waals surface area contributed by atoms with Gasteiger partial charge in [-0.1, -0.05) is 0 Å². The van der Waals surface area contributed by atoms with Gasteiger partial charge in [0.25, 0.3) is 0 Å². The minimum absolute atomic E-state index is 0.0277. The van der Waals surface area contributed by atoms with Crippen molar-refractivity contribution < 1.29 is 17.2 Å². The summed E-state index contributed by atoms with van der Waals surface area (Å²) >= 11 is 0. The van der Waals surface area contributed by atoms with Crippen molar-refractivity contribution in [3.05, 3.63) is 29.8 Å². The van der Waals surface area contributed by atoms with Crippen LogP contribution in [0.4, 0.5) is 8.78 Å². The Morgan fingerprint density at radius 3 is 2.35 bits per heavy atom. The second-order valence-corrected chi connectivity index (χ2v) is 7.53. The number of hydrogen-bond donors (Lipinski definition) is 0. The van der Waals surface area contributed by atoms with E-state index in [4.69, 9.17) is 0 Å². The van der Waals surface area contributed by atoms with Crippen LogP contribution in [0.3, 0.4) is 0 Å². The zero-order valence-electron chi connectivity index (χ0n) is 11.2. The molecule has 0 heterocycles. The lowest BCUT2D eigenvalue weighted by Gasteiger charge is -2.28. The average molecular weight is 301 g/mol. The fraction of sp³-hybridized carbons (Fsp3) is 0.571. The fourth-order valence-electron chi connectivity index (χ4n) is 2.66. The Kier molecular flexibility index (Phi) is 3.33. The van der Waals surface area contributed by atoms with E-state index < -0.39 is 26.6 Å². The largest absolute Gasteiger partial charge is 0.246 e. The number of sulfonamides is 1. The molecule has 1 atom stereocenters. The molecule has 1 aromatic carbocycles. The molecule has 110 valence electrons. The van der Waals surface area contributed by atoms with E-state index in [1.807, 2.05) is 6.92 Å². The van der Waals surface area contributed by atoms with Crippen molar-refractivity contribution in [3.8, 4) is 0 Å². The molecule has 0 N–H and O–H groups in total. The molecule has 3 nitrogen and oxygen atoms in total. The maximum atomic E-state index is 13.8. The van der Waals surface area contributed by atoms with Gasteiger partial charge in [-0.15, -0.1) is 0 Å². The minimum atomic E-state index is -3.90. The van der Waals surface area contributed by atoms with Crippen LogP contribution in [-0.4, -0.2) is 24.8 Å². The van der Waals surface area contributed by atoms with Crippen LogP contribution in [0.5, 0.6) is 0 Å². The molecule has 2 aliphatic carbocycles. The van der Waals surface area contributed by atoms with Gasteiger partial charge in [-0.25, -0.2) is 17.2 Å². The van der Waals surface area contributed by atoms with Crippen LogP contribution in [0, 0.1) is 17.6 Å². The van der Waals surface area contributed by atoms with Gasteiger partial charge in [0.2, 0.25) is 10.0 Å². The van der Waals surface area contributed by atoms with Crippen molar-refractivity contribution in [3.63, 3.8) is 0 Å². The SMILES string of the molecule is CC(C1CC1)N(C1CC1)S(=O)(=O)c1ccc(F)cc1F. The molecule has 3 rings (SSSR count). The van der Waals surface area contributed by atoms with Crippen molar-refractivity contribution in [1.82, 2.24) is 4.31 Å². The summed E-state index contributed by atoms with van der Waals surface area (Å²) in [4.78, 5) is -0.418. The average Bonchev–Trinajstić information content (AvgIpc) is 3.22. The van der Waals surface area contributed by atoms with Crippen molar-refractivity contribution in [2.45, 2.75) is 49.6 Å². The molecule has 2 saturated carbocycles. The molecule has 6 heteroatoms. The van der Waals surface area contributed by atoms with Crippen molar-refractivity contribution >= 4 is 10.0 Å². The molecule has 1 unspecified atom stereocenters. The molecular formula is C14H17F2NO2S. The highest BCUT2D eigenvalue weighted by Gasteiger charge is 2.46. The Labute approximate surface area is 117 Å². The molecule has 0 bridgehead atoms. The van der Waals surface area contributed by atoms with E-state index in [2.05, 4.69) is 0 Å². The summed E-state index contributed by atoms with van der Waals surface area (Å²) in [6.45, 7) is 1.88. The Bertz CT molecular complexity index is 624. The molecule has 1 aromatic rings. The maximum Gasteiger partial charge on any atom is 0.246 e. The lowest BCUT2D eigenvalue weighted by Crippen LogP contribution is -2.41. The van der Waals surface area contributed by atoms with Gasteiger partial charge in [0, 0.05) is 18.2 Å². The van der Waals surface area contributed by atoms with Crippen molar-refractivity contribution in [1.29, 1.82) is 0 Å². The Morgan fingerprint density at radius 2 is 1.85 bits per heavy atom. The number of rotatable bonds is 5. The smallest absolute Gasteiger partial charge is 0.207 e. The third kappa shape index (κ3) is 2.46. The third-order valence-corrected chi connectivity index (χ3v) is 6.13. The Balaban J connectivity index is 1.99. The summed E-state index contributed by atoms with van der Waals surface area (Å²) in [6.07, 6.45) is 3.68. The maximum absolute atomic E-state index is 13.8. The summed E-state index contributed by atoms with van der Waals surface area (Å²) in [5.74, 6) is -1.41. The van der Waals surface area contributed by atoms with Crippen LogP contribution in [0.1, 0.15) is 32.6 Å². The molecule has 0 saturated heterocycles. The highest BCUT2D eigenvalue weighted by molar-refractivity contribution is 7.89. The highest BCUT2D eigenvalue weighted by atomic mass is 32.2. The standard InChI is InChI=1S/C14H17F2NO2S/c1-9(10-2-3-10)17(12-5-6-12)20(18,19)14-7-4-11(15)8-13(14)16/h4,7-10,12H,2-3,5-6H2,1H3. The van der Waals surface area contributed by atoms with Gasteiger partial charge in [0.15, 0.2) is 0 Å². The van der Waals surface area contributed by atoms with Crippen molar-refractivity contribution in [2.24, 2.45) is 5.92 Å². The molecule has 0 radical (unpaired) electrons. The molecule has 2 fully saturated rings. The van der Waals surface area contributed by atoms with Gasteiger partial charge >= 0.3 is 0 Å². The summed E-state index contributed by atoms with van der Waals surface area (Å²) in [6, 6.07) is 2.49. The first-order valence-electron chi connectivity index (χ1n) is 6.90. The number of hydrogen-bond acceptors (Lipinski definition) is 2. The van der Waals surface area contributed by atoms with Crippen molar-refractivity contribution in [2.75, 3.05) is 0 Å². The second-order valence-electron chi connectivity index (χ2n) is 5.72. The molecule has 0 spiro atoms. The summed E-state index contributed by atoms with van der Waals surface area (Å²) in [5.41, 5.74) is 0. The van der Waals surface area contributed by atoms with E-state index in [1.165, 1.54) is 4.31 Å². The van der Waals surface area contributed by atoms with Crippen LogP contribution >= 0.6 is 0 Å². The molecule has 0 aromatic heterocycles. The fourth-order valence-corrected chi connectivity index (χ4v) is 4.65. The number of nitrogens with zero attached hydrogens (tertiary/aromatic N) is 1. The molecule has 0 aliphatic heterocycles. The molecule has 2 aliphatic rings. The normalized spacial score (nSPS) is 21.2. The minimum Gasteiger partial charge on any atom is -0.207 e. The predicted octanol–water partition coefficient (Wildman–Crippen LogP) is 2.92. The van der Waals surface area contributed by atoms with Gasteiger partial charge < -0.3 is 0 Å². The van der Waals surface area contributed by atoms with Crippen LogP contribution < -0.4 is 0 Å². The monoisotopic (exact) mass is 301 g/mol. The lowest BCUT2D eigenvalue weighted by atomic mass is 10.2. The van der Waals surface area contributed by atoms with E-state index in [0.717, 1.165) is 37.8 Å². The third-order valence-electron chi connectivity index (χ3n) is 4.06. The first-order valence-corrected chi connectivity index (χ1v) is 8.34. The summed E-state index contributed by atoms with van der Waals surface area (Å²) in [7, 11) is -3.90. The van der Waals surface area contributed by atoms with Crippen LogP contribution in [0.2, 0.25) is 0 Å². The van der Waals surface area contributed by atoms with E-state index in [9.17, 15) is 17.2 Å². The van der Waals surface area contributed by atoms with Gasteiger partial charge in [0.05, 0.1) is 0 Å². The zero-order valence-corrected chi connectivity index (χ0v) is 12.0. The number of benzene rings is 1. The van der Waals surface area contributed by atoms with E-state index >= 15 is 0 Å². The molecular weight excluding hydrogens is 284 g/mol. The van der Waals surface area contributed by atoms with Gasteiger partial charge in [-0.05, 0) is 50.7 Å². The van der Waals surface area contributed by atoms with Gasteiger partial charge in [-0.3, -0.25) is 0 Å². The van der Waals surface area contributed by atoms with E-state index in [-0.39, 0.29) is 12.1 Å². The van der Waals surface area contributed by atoms with Gasteiger partial charge in [0.1, 0.15) is 16.5 Å². The van der Waals surface area contributed by atoms with Crippen LogP contribution in [0.15, 0.2) is 23.1 Å². The van der Waals surface area contributed by atoms with E-state index in [1.54, 1.807) is 0 Å². The molecule has 0 amide bonds. The van der Waals surface area contributed by atoms with Crippen LogP contribution in [0.25, 0.3) is 0 Å². The topological polar surface area (TPSA) is 37.4 Å². The highest BCUT2D eigenvalue weighted by Crippen LogP contribution is 2.42. The first-order chi connectivity index (χ1) is 9.41. The Morgan fingerprint density at radius 1 is 1.20 bits per heavy atom. The zero-order chi connectivity index (χ0) is 14.5. The van der Waals surface area contributed by atoms with Gasteiger partial charge in [-0.2, -0.15) is 4.31 Å². The first kappa shape index (κ1) is 13.9. The van der Waals surface area contributed by atoms with E-state index in [0.29, 0.717) is 12.0 Å². The Hall–Kier alpha value is -1.01. The lowest BCUT2D eigenvalue weighted by molar-refractivity contribution is 0.300.